The second-order valence-electron chi connectivity index (χ2n) is 4.14. The number of nitrogens with one attached hydrogen (secondary N) is 1. The molecule has 0 heterocycles. The van der Waals surface area contributed by atoms with E-state index >= 15 is 0 Å². The average molecular weight is 336 g/mol. The lowest BCUT2D eigenvalue weighted by molar-refractivity contribution is -0.113. The van der Waals surface area contributed by atoms with Gasteiger partial charge in [-0.15, -0.1) is 0 Å². The van der Waals surface area contributed by atoms with Gasteiger partial charge in [0.25, 0.3) is 0 Å². The normalized spacial score (nSPS) is 10.1. The lowest BCUT2D eigenvalue weighted by Crippen LogP contribution is -2.12. The molecule has 0 aliphatic heterocycles. The first-order chi connectivity index (χ1) is 9.69. The maximum Gasteiger partial charge on any atom is 0.235 e. The summed E-state index contributed by atoms with van der Waals surface area (Å²) in [7, 11) is 0. The number of rotatable bonds is 5. The Bertz CT molecular complexity index is 587. The van der Waals surface area contributed by atoms with Gasteiger partial charge in [0.05, 0.1) is 11.0 Å². The Labute approximate surface area is 125 Å². The minimum Gasteiger partial charge on any atom is -0.506 e. The van der Waals surface area contributed by atoms with E-state index in [-0.39, 0.29) is 17.0 Å². The number of anilines is 1. The van der Waals surface area contributed by atoms with Crippen LogP contribution in [0.2, 0.25) is 0 Å². The Morgan fingerprint density at radius 3 is 2.65 bits per heavy atom. The molecule has 20 heavy (non-hydrogen) atoms. The molecule has 0 aromatic heterocycles. The first-order valence-corrected chi connectivity index (χ1v) is 7.17. The quantitative estimate of drug-likeness (QED) is 0.651. The number of hydrogen-bond acceptors (Lipinski definition) is 3. The predicted octanol–water partition coefficient (Wildman–Crippen LogP) is 3.30. The van der Waals surface area contributed by atoms with E-state index in [0.29, 0.717) is 18.0 Å². The number of aromatic hydroxyl groups is 1. The van der Waals surface area contributed by atoms with Crippen molar-refractivity contribution in [1.82, 2.24) is 0 Å². The summed E-state index contributed by atoms with van der Waals surface area (Å²) in [4.78, 5) is 11.3. The summed E-state index contributed by atoms with van der Waals surface area (Å²) in [6.07, 6.45) is 0. The van der Waals surface area contributed by atoms with E-state index in [1.807, 2.05) is 30.3 Å². The van der Waals surface area contributed by atoms with E-state index in [1.54, 1.807) is 12.1 Å². The molecular weight excluding hydrogens is 322 g/mol. The minimum absolute atomic E-state index is 0.00589. The van der Waals surface area contributed by atoms with Crippen molar-refractivity contribution >= 4 is 27.5 Å². The van der Waals surface area contributed by atoms with Crippen LogP contribution >= 0.6 is 15.9 Å². The number of carbonyl (C=O) groups excluding carboxylic acids is 1. The molecule has 4 nitrogen and oxygen atoms in total. The molecule has 0 saturated carbocycles. The zero-order valence-corrected chi connectivity index (χ0v) is 12.3. The number of alkyl halides is 1. The van der Waals surface area contributed by atoms with E-state index in [1.165, 1.54) is 6.07 Å². The van der Waals surface area contributed by atoms with E-state index in [9.17, 15) is 9.90 Å². The summed E-state index contributed by atoms with van der Waals surface area (Å²) in [5.74, 6) is 0.350. The maximum absolute atomic E-state index is 11.3. The lowest BCUT2D eigenvalue weighted by atomic mass is 10.2. The van der Waals surface area contributed by atoms with Gasteiger partial charge in [-0.25, -0.2) is 0 Å². The van der Waals surface area contributed by atoms with Crippen molar-refractivity contribution < 1.29 is 14.6 Å². The minimum atomic E-state index is -0.236. The standard InChI is InChI=1S/C15H14BrNO3/c16-9-15(19)17-13-8-12(6-7-14(13)18)20-10-11-4-2-1-3-5-11/h1-8,18H,9-10H2,(H,17,19). The summed E-state index contributed by atoms with van der Waals surface area (Å²) >= 11 is 3.05. The molecule has 0 atom stereocenters. The van der Waals surface area contributed by atoms with Gasteiger partial charge in [-0.1, -0.05) is 46.3 Å². The molecule has 104 valence electrons. The molecular formula is C15H14BrNO3. The van der Waals surface area contributed by atoms with Gasteiger partial charge in [0.1, 0.15) is 18.1 Å². The number of phenolic OH excluding ortho intramolecular Hbond substituents is 1. The number of amides is 1. The van der Waals surface area contributed by atoms with Crippen molar-refractivity contribution in [3.05, 3.63) is 54.1 Å². The molecule has 1 amide bonds. The van der Waals surface area contributed by atoms with E-state index < -0.39 is 0 Å². The SMILES string of the molecule is O=C(CBr)Nc1cc(OCc2ccccc2)ccc1O. The Morgan fingerprint density at radius 2 is 1.95 bits per heavy atom. The average Bonchev–Trinajstić information content (AvgIpc) is 2.49. The monoisotopic (exact) mass is 335 g/mol. The fourth-order valence-corrected chi connectivity index (χ4v) is 1.77. The van der Waals surface area contributed by atoms with E-state index in [4.69, 9.17) is 4.74 Å². The molecule has 2 rings (SSSR count). The largest absolute Gasteiger partial charge is 0.506 e. The number of hydrogen-bond donors (Lipinski definition) is 2. The van der Waals surface area contributed by atoms with Gasteiger partial charge in [-0.3, -0.25) is 4.79 Å². The second kappa shape index (κ2) is 6.96. The number of carbonyl (C=O) groups is 1. The van der Waals surface area contributed by atoms with Crippen LogP contribution in [0.5, 0.6) is 11.5 Å². The first-order valence-electron chi connectivity index (χ1n) is 6.04. The summed E-state index contributed by atoms with van der Waals surface area (Å²) in [5, 5.41) is 12.4. The first kappa shape index (κ1) is 14.4. The van der Waals surface area contributed by atoms with Gasteiger partial charge in [0.2, 0.25) is 5.91 Å². The maximum atomic E-state index is 11.3. The molecule has 2 N–H and O–H groups in total. The van der Waals surface area contributed by atoms with Crippen LogP contribution < -0.4 is 10.1 Å². The molecule has 0 unspecified atom stereocenters. The van der Waals surface area contributed by atoms with Crippen molar-refractivity contribution in [2.24, 2.45) is 0 Å². The van der Waals surface area contributed by atoms with Gasteiger partial charge in [0.15, 0.2) is 0 Å². The molecule has 2 aromatic carbocycles. The number of benzene rings is 2. The van der Waals surface area contributed by atoms with Gasteiger partial charge in [-0.2, -0.15) is 0 Å². The predicted molar refractivity (Wildman–Crippen MR) is 81.3 cm³/mol. The second-order valence-corrected chi connectivity index (χ2v) is 4.70. The molecule has 5 heteroatoms. The highest BCUT2D eigenvalue weighted by Crippen LogP contribution is 2.28. The highest BCUT2D eigenvalue weighted by Gasteiger charge is 2.07. The summed E-state index contributed by atoms with van der Waals surface area (Å²) in [5.41, 5.74) is 1.38. The summed E-state index contributed by atoms with van der Waals surface area (Å²) in [6, 6.07) is 14.5. The Hall–Kier alpha value is -2.01. The van der Waals surface area contributed by atoms with E-state index in [2.05, 4.69) is 21.2 Å². The zero-order chi connectivity index (χ0) is 14.4. The lowest BCUT2D eigenvalue weighted by Gasteiger charge is -2.10. The molecule has 0 aliphatic carbocycles. The summed E-state index contributed by atoms with van der Waals surface area (Å²) in [6.45, 7) is 0.428. The Morgan fingerprint density at radius 1 is 1.20 bits per heavy atom. The Balaban J connectivity index is 2.05. The van der Waals surface area contributed by atoms with Crippen molar-refractivity contribution in [2.45, 2.75) is 6.61 Å². The van der Waals surface area contributed by atoms with Crippen LogP contribution in [0, 0.1) is 0 Å². The van der Waals surface area contributed by atoms with Gasteiger partial charge < -0.3 is 15.2 Å². The van der Waals surface area contributed by atoms with Gasteiger partial charge >= 0.3 is 0 Å². The van der Waals surface area contributed by atoms with Gasteiger partial charge in [0, 0.05) is 6.07 Å². The molecule has 0 aliphatic rings. The van der Waals surface area contributed by atoms with Crippen LogP contribution in [0.25, 0.3) is 0 Å². The molecule has 2 aromatic rings. The van der Waals surface area contributed by atoms with Crippen LogP contribution in [-0.4, -0.2) is 16.3 Å². The third kappa shape index (κ3) is 3.99. The van der Waals surface area contributed by atoms with Crippen LogP contribution in [0.1, 0.15) is 5.56 Å². The molecule has 0 fully saturated rings. The van der Waals surface area contributed by atoms with Crippen molar-refractivity contribution in [3.8, 4) is 11.5 Å². The van der Waals surface area contributed by atoms with Crippen LogP contribution in [0.3, 0.4) is 0 Å². The van der Waals surface area contributed by atoms with Crippen molar-refractivity contribution in [1.29, 1.82) is 0 Å². The number of ether oxygens (including phenoxy) is 1. The van der Waals surface area contributed by atoms with Gasteiger partial charge in [-0.05, 0) is 17.7 Å². The zero-order valence-electron chi connectivity index (χ0n) is 10.7. The van der Waals surface area contributed by atoms with Crippen LogP contribution in [-0.2, 0) is 11.4 Å². The Kier molecular flexibility index (Phi) is 5.01. The third-order valence-electron chi connectivity index (χ3n) is 2.61. The fourth-order valence-electron chi connectivity index (χ4n) is 1.63. The third-order valence-corrected chi connectivity index (χ3v) is 3.12. The van der Waals surface area contributed by atoms with E-state index in [0.717, 1.165) is 5.56 Å². The van der Waals surface area contributed by atoms with Crippen molar-refractivity contribution in [2.75, 3.05) is 10.6 Å². The molecule has 0 spiro atoms. The van der Waals surface area contributed by atoms with Crippen LogP contribution in [0.15, 0.2) is 48.5 Å². The van der Waals surface area contributed by atoms with Crippen LogP contribution in [0.4, 0.5) is 5.69 Å². The molecule has 0 saturated heterocycles. The molecule has 0 radical (unpaired) electrons. The highest BCUT2D eigenvalue weighted by atomic mass is 79.9. The highest BCUT2D eigenvalue weighted by molar-refractivity contribution is 9.09. The number of phenols is 1. The van der Waals surface area contributed by atoms with Crippen molar-refractivity contribution in [3.63, 3.8) is 0 Å². The smallest absolute Gasteiger partial charge is 0.235 e. The topological polar surface area (TPSA) is 58.6 Å². The fraction of sp³-hybridized carbons (Fsp3) is 0.133. The number of halogens is 1. The summed E-state index contributed by atoms with van der Waals surface area (Å²) < 4.78 is 5.63. The molecule has 0 bridgehead atoms.